The number of likely N-dealkylation sites (N-methyl/N-ethyl adjacent to an activating group) is 1. The zero-order chi connectivity index (χ0) is 14.9. The SMILES string of the molecule is CCN(CC1[C@H]2CNC[C@@H]12)C(=O)COC(=O)C(F)(F)F. The van der Waals surface area contributed by atoms with E-state index in [-0.39, 0.29) is 0 Å². The van der Waals surface area contributed by atoms with Crippen LogP contribution in [0, 0.1) is 17.8 Å². The Morgan fingerprint density at radius 1 is 1.30 bits per heavy atom. The maximum atomic E-state index is 12.0. The standard InChI is InChI=1S/C12H17F3N2O3/c1-2-17(5-9-7-3-16-4-8(7)9)10(18)6-20-11(19)12(13,14)15/h7-9,16H,2-6H2,1H3/t7-,8+,9?. The van der Waals surface area contributed by atoms with Gasteiger partial charge in [-0.2, -0.15) is 13.2 Å². The lowest BCUT2D eigenvalue weighted by atomic mass is 10.2. The van der Waals surface area contributed by atoms with E-state index in [9.17, 15) is 22.8 Å². The number of amides is 1. The van der Waals surface area contributed by atoms with Gasteiger partial charge in [-0.15, -0.1) is 0 Å². The molecular formula is C12H17F3N2O3. The highest BCUT2D eigenvalue weighted by Crippen LogP contribution is 2.48. The van der Waals surface area contributed by atoms with E-state index in [1.807, 2.05) is 0 Å². The van der Waals surface area contributed by atoms with Crippen LogP contribution in [0.4, 0.5) is 13.2 Å². The summed E-state index contributed by atoms with van der Waals surface area (Å²) in [5.41, 5.74) is 0. The van der Waals surface area contributed by atoms with Crippen molar-refractivity contribution in [2.75, 3.05) is 32.8 Å². The molecule has 5 nitrogen and oxygen atoms in total. The molecule has 2 fully saturated rings. The molecule has 8 heteroatoms. The van der Waals surface area contributed by atoms with Gasteiger partial charge in [0.25, 0.3) is 5.91 Å². The first-order chi connectivity index (χ1) is 9.34. The number of fused-ring (bicyclic) bond motifs is 1. The molecule has 1 unspecified atom stereocenters. The van der Waals surface area contributed by atoms with Crippen LogP contribution in [-0.2, 0) is 14.3 Å². The van der Waals surface area contributed by atoms with E-state index in [1.54, 1.807) is 6.92 Å². The molecular weight excluding hydrogens is 277 g/mol. The Morgan fingerprint density at radius 2 is 1.90 bits per heavy atom. The van der Waals surface area contributed by atoms with Crippen LogP contribution in [0.5, 0.6) is 0 Å². The van der Waals surface area contributed by atoms with Crippen molar-refractivity contribution in [2.45, 2.75) is 13.1 Å². The number of carbonyl (C=O) groups excluding carboxylic acids is 2. The summed E-state index contributed by atoms with van der Waals surface area (Å²) in [6.07, 6.45) is -5.06. The van der Waals surface area contributed by atoms with Crippen molar-refractivity contribution in [3.63, 3.8) is 0 Å². The average Bonchev–Trinajstić information content (AvgIpc) is 2.82. The number of nitrogens with one attached hydrogen (secondary N) is 1. The Hall–Kier alpha value is -1.31. The maximum absolute atomic E-state index is 12.0. The fourth-order valence-electron chi connectivity index (χ4n) is 2.78. The first kappa shape index (κ1) is 15.1. The molecule has 0 aromatic rings. The van der Waals surface area contributed by atoms with Crippen molar-refractivity contribution in [2.24, 2.45) is 17.8 Å². The third kappa shape index (κ3) is 3.23. The van der Waals surface area contributed by atoms with E-state index >= 15 is 0 Å². The van der Waals surface area contributed by atoms with E-state index in [0.29, 0.717) is 30.8 Å². The van der Waals surface area contributed by atoms with Crippen molar-refractivity contribution < 1.29 is 27.5 Å². The van der Waals surface area contributed by atoms with Crippen LogP contribution in [-0.4, -0.2) is 55.7 Å². The second kappa shape index (κ2) is 5.59. The molecule has 1 aliphatic heterocycles. The topological polar surface area (TPSA) is 58.6 Å². The van der Waals surface area contributed by atoms with Crippen LogP contribution in [0.15, 0.2) is 0 Å². The number of piperidine rings is 1. The van der Waals surface area contributed by atoms with Gasteiger partial charge in [0.15, 0.2) is 6.61 Å². The van der Waals surface area contributed by atoms with Gasteiger partial charge >= 0.3 is 12.1 Å². The van der Waals surface area contributed by atoms with Crippen molar-refractivity contribution in [1.82, 2.24) is 10.2 Å². The van der Waals surface area contributed by atoms with Gasteiger partial charge in [-0.25, -0.2) is 4.79 Å². The molecule has 0 aromatic heterocycles. The molecule has 1 saturated heterocycles. The predicted molar refractivity (Wildman–Crippen MR) is 62.6 cm³/mol. The number of alkyl halides is 3. The number of hydrogen-bond acceptors (Lipinski definition) is 4. The fourth-order valence-corrected chi connectivity index (χ4v) is 2.78. The van der Waals surface area contributed by atoms with Gasteiger partial charge in [-0.05, 0) is 37.8 Å². The lowest BCUT2D eigenvalue weighted by Crippen LogP contribution is -2.38. The molecule has 3 atom stereocenters. The van der Waals surface area contributed by atoms with Crippen molar-refractivity contribution in [1.29, 1.82) is 0 Å². The molecule has 1 saturated carbocycles. The van der Waals surface area contributed by atoms with Crippen LogP contribution in [0.1, 0.15) is 6.92 Å². The molecule has 1 amide bonds. The van der Waals surface area contributed by atoms with Crippen molar-refractivity contribution in [3.05, 3.63) is 0 Å². The van der Waals surface area contributed by atoms with E-state index < -0.39 is 24.7 Å². The summed E-state index contributed by atoms with van der Waals surface area (Å²) in [6, 6.07) is 0. The van der Waals surface area contributed by atoms with Gasteiger partial charge in [0, 0.05) is 13.1 Å². The monoisotopic (exact) mass is 294 g/mol. The minimum atomic E-state index is -5.06. The largest absolute Gasteiger partial charge is 0.490 e. The van der Waals surface area contributed by atoms with Gasteiger partial charge in [0.2, 0.25) is 0 Å². The molecule has 114 valence electrons. The highest BCUT2D eigenvalue weighted by atomic mass is 19.4. The molecule has 2 rings (SSSR count). The zero-order valence-electron chi connectivity index (χ0n) is 11.1. The van der Waals surface area contributed by atoms with Crippen LogP contribution < -0.4 is 5.32 Å². The van der Waals surface area contributed by atoms with Crippen LogP contribution in [0.25, 0.3) is 0 Å². The summed E-state index contributed by atoms with van der Waals surface area (Å²) in [6.45, 7) is 3.68. The van der Waals surface area contributed by atoms with Gasteiger partial charge in [0.05, 0.1) is 0 Å². The third-order valence-electron chi connectivity index (χ3n) is 3.99. The quantitative estimate of drug-likeness (QED) is 0.746. The number of nitrogens with zero attached hydrogens (tertiary/aromatic N) is 1. The average molecular weight is 294 g/mol. The third-order valence-corrected chi connectivity index (χ3v) is 3.99. The molecule has 1 heterocycles. The van der Waals surface area contributed by atoms with Crippen LogP contribution >= 0.6 is 0 Å². The van der Waals surface area contributed by atoms with Gasteiger partial charge < -0.3 is 15.0 Å². The van der Waals surface area contributed by atoms with Gasteiger partial charge in [0.1, 0.15) is 0 Å². The van der Waals surface area contributed by atoms with Gasteiger partial charge in [-0.3, -0.25) is 4.79 Å². The Kier molecular flexibility index (Phi) is 4.22. The second-order valence-corrected chi connectivity index (χ2v) is 5.16. The van der Waals surface area contributed by atoms with E-state index in [4.69, 9.17) is 0 Å². The first-order valence-electron chi connectivity index (χ1n) is 6.57. The Balaban J connectivity index is 1.76. The van der Waals surface area contributed by atoms with Crippen molar-refractivity contribution >= 4 is 11.9 Å². The summed E-state index contributed by atoms with van der Waals surface area (Å²) < 4.78 is 39.8. The zero-order valence-corrected chi connectivity index (χ0v) is 11.1. The summed E-state index contributed by atoms with van der Waals surface area (Å²) in [7, 11) is 0. The molecule has 20 heavy (non-hydrogen) atoms. The molecule has 0 aromatic carbocycles. The molecule has 2 aliphatic rings. The highest BCUT2D eigenvalue weighted by Gasteiger charge is 2.53. The summed E-state index contributed by atoms with van der Waals surface area (Å²) in [5, 5.41) is 3.23. The Bertz CT molecular complexity index is 390. The van der Waals surface area contributed by atoms with E-state index in [1.165, 1.54) is 4.90 Å². The van der Waals surface area contributed by atoms with E-state index in [0.717, 1.165) is 13.1 Å². The Morgan fingerprint density at radius 3 is 2.40 bits per heavy atom. The lowest BCUT2D eigenvalue weighted by molar-refractivity contribution is -0.200. The first-order valence-corrected chi connectivity index (χ1v) is 6.57. The van der Waals surface area contributed by atoms with Crippen LogP contribution in [0.3, 0.4) is 0 Å². The molecule has 0 spiro atoms. The number of carbonyl (C=O) groups is 2. The summed E-state index contributed by atoms with van der Waals surface area (Å²) in [4.78, 5) is 23.8. The number of halogens is 3. The number of hydrogen-bond donors (Lipinski definition) is 1. The molecule has 0 radical (unpaired) electrons. The second-order valence-electron chi connectivity index (χ2n) is 5.16. The number of rotatable bonds is 5. The van der Waals surface area contributed by atoms with Crippen molar-refractivity contribution in [3.8, 4) is 0 Å². The lowest BCUT2D eigenvalue weighted by Gasteiger charge is -2.21. The van der Waals surface area contributed by atoms with Gasteiger partial charge in [-0.1, -0.05) is 0 Å². The van der Waals surface area contributed by atoms with Crippen LogP contribution in [0.2, 0.25) is 0 Å². The smallest absolute Gasteiger partial charge is 0.449 e. The fraction of sp³-hybridized carbons (Fsp3) is 0.833. The van der Waals surface area contributed by atoms with E-state index in [2.05, 4.69) is 10.1 Å². The number of ether oxygens (including phenoxy) is 1. The molecule has 1 N–H and O–H groups in total. The minimum Gasteiger partial charge on any atom is -0.449 e. The number of esters is 1. The highest BCUT2D eigenvalue weighted by molar-refractivity contribution is 5.82. The Labute approximate surface area is 114 Å². The predicted octanol–water partition coefficient (Wildman–Crippen LogP) is 0.406. The summed E-state index contributed by atoms with van der Waals surface area (Å²) in [5.74, 6) is -1.36. The summed E-state index contributed by atoms with van der Waals surface area (Å²) >= 11 is 0. The normalized spacial score (nSPS) is 27.9. The minimum absolute atomic E-state index is 0.395. The molecule has 0 bridgehead atoms. The maximum Gasteiger partial charge on any atom is 0.490 e. The molecule has 1 aliphatic carbocycles.